The van der Waals surface area contributed by atoms with Crippen LogP contribution in [0.2, 0.25) is 0 Å². The zero-order chi connectivity index (χ0) is 21.8. The summed E-state index contributed by atoms with van der Waals surface area (Å²) in [6, 6.07) is 18.2. The Labute approximate surface area is 182 Å². The van der Waals surface area contributed by atoms with E-state index >= 15 is 0 Å². The van der Waals surface area contributed by atoms with Crippen LogP contribution in [-0.4, -0.2) is 40.3 Å². The third-order valence-corrected chi connectivity index (χ3v) is 5.04. The highest BCUT2D eigenvalue weighted by Gasteiger charge is 2.44. The first-order valence-electron chi connectivity index (χ1n) is 9.48. The lowest BCUT2D eigenvalue weighted by molar-refractivity contribution is -0.0479. The van der Waals surface area contributed by atoms with Gasteiger partial charge in [0.1, 0.15) is 0 Å². The van der Waals surface area contributed by atoms with Crippen LogP contribution in [-0.2, 0) is 14.2 Å². The Morgan fingerprint density at radius 3 is 2.10 bits per heavy atom. The second-order valence-corrected chi connectivity index (χ2v) is 7.17. The summed E-state index contributed by atoms with van der Waals surface area (Å²) in [6.07, 6.45) is -1.31. The van der Waals surface area contributed by atoms with Gasteiger partial charge in [0.2, 0.25) is 0 Å². The number of nitrogens with one attached hydrogen (secondary N) is 1. The maximum Gasteiger partial charge on any atom is 0.338 e. The van der Waals surface area contributed by atoms with Crippen molar-refractivity contribution < 1.29 is 23.8 Å². The lowest BCUT2D eigenvalue weighted by Gasteiger charge is -2.24. The molecule has 8 nitrogen and oxygen atoms in total. The zero-order valence-electron chi connectivity index (χ0n) is 16.2. The van der Waals surface area contributed by atoms with Gasteiger partial charge in [-0.1, -0.05) is 36.4 Å². The molecule has 2 aromatic carbocycles. The number of hydrogen-bond acceptors (Lipinski definition) is 7. The Balaban J connectivity index is 1.62. The average Bonchev–Trinajstić information content (AvgIpc) is 3.16. The van der Waals surface area contributed by atoms with Crippen molar-refractivity contribution in [2.75, 3.05) is 6.61 Å². The zero-order valence-corrected chi connectivity index (χ0v) is 17.0. The predicted molar refractivity (Wildman–Crippen MR) is 112 cm³/mol. The predicted octanol–water partition coefficient (Wildman–Crippen LogP) is 2.89. The number of rotatable bonds is 5. The van der Waals surface area contributed by atoms with E-state index in [0.29, 0.717) is 11.1 Å². The Hall–Kier alpha value is -3.56. The summed E-state index contributed by atoms with van der Waals surface area (Å²) in [5.74, 6) is -1.17. The van der Waals surface area contributed by atoms with Crippen LogP contribution in [0.25, 0.3) is 0 Å². The lowest BCUT2D eigenvalue weighted by atomic mass is 10.2. The van der Waals surface area contributed by atoms with Crippen LogP contribution in [0.5, 0.6) is 0 Å². The Morgan fingerprint density at radius 2 is 1.52 bits per heavy atom. The van der Waals surface area contributed by atoms with E-state index in [9.17, 15) is 14.4 Å². The molecule has 0 bridgehead atoms. The number of hydrogen-bond donors (Lipinski definition) is 1. The van der Waals surface area contributed by atoms with Crippen molar-refractivity contribution in [2.45, 2.75) is 18.4 Å². The largest absolute Gasteiger partial charge is 0.452 e. The van der Waals surface area contributed by atoms with Gasteiger partial charge in [-0.15, -0.1) is 0 Å². The number of ether oxygens (including phenoxy) is 3. The van der Waals surface area contributed by atoms with Crippen LogP contribution < -0.4 is 5.56 Å². The van der Waals surface area contributed by atoms with Crippen LogP contribution in [0.15, 0.2) is 77.7 Å². The van der Waals surface area contributed by atoms with Gasteiger partial charge in [-0.05, 0) is 36.5 Å². The highest BCUT2D eigenvalue weighted by molar-refractivity contribution is 7.71. The Morgan fingerprint density at radius 1 is 0.935 bits per heavy atom. The van der Waals surface area contributed by atoms with Gasteiger partial charge in [-0.3, -0.25) is 14.3 Å². The summed E-state index contributed by atoms with van der Waals surface area (Å²) in [5.41, 5.74) is 0.329. The minimum absolute atomic E-state index is 0.0170. The number of benzene rings is 2. The molecule has 2 heterocycles. The molecule has 0 aliphatic carbocycles. The van der Waals surface area contributed by atoms with Gasteiger partial charge in [-0.2, -0.15) is 0 Å². The fourth-order valence-corrected chi connectivity index (χ4v) is 3.48. The van der Waals surface area contributed by atoms with Crippen molar-refractivity contribution in [2.24, 2.45) is 0 Å². The van der Waals surface area contributed by atoms with Gasteiger partial charge in [0.25, 0.3) is 5.56 Å². The highest BCUT2D eigenvalue weighted by atomic mass is 32.1. The molecule has 4 rings (SSSR count). The second kappa shape index (κ2) is 9.07. The molecule has 31 heavy (non-hydrogen) atoms. The summed E-state index contributed by atoms with van der Waals surface area (Å²) < 4.78 is 18.6. The number of nitrogens with zero attached hydrogens (tertiary/aromatic N) is 1. The summed E-state index contributed by atoms with van der Waals surface area (Å²) in [6.45, 7) is -0.0170. The van der Waals surface area contributed by atoms with Gasteiger partial charge in [0, 0.05) is 12.3 Å². The summed E-state index contributed by atoms with van der Waals surface area (Å²) in [7, 11) is 0. The number of carbonyl (C=O) groups is 2. The van der Waals surface area contributed by atoms with Gasteiger partial charge < -0.3 is 14.2 Å². The molecular formula is C22H18N2O6S. The number of carbonyl (C=O) groups excluding carboxylic acids is 2. The van der Waals surface area contributed by atoms with Crippen LogP contribution in [0, 0.1) is 4.77 Å². The molecule has 9 heteroatoms. The number of aromatic nitrogens is 2. The quantitative estimate of drug-likeness (QED) is 0.483. The van der Waals surface area contributed by atoms with Gasteiger partial charge in [-0.25, -0.2) is 9.59 Å². The van der Waals surface area contributed by atoms with Crippen LogP contribution >= 0.6 is 12.2 Å². The molecule has 1 aromatic heterocycles. The maximum atomic E-state index is 12.7. The fraction of sp³-hybridized carbons (Fsp3) is 0.182. The molecule has 1 aliphatic rings. The van der Waals surface area contributed by atoms with E-state index in [1.165, 1.54) is 16.8 Å². The van der Waals surface area contributed by atoms with E-state index < -0.39 is 30.4 Å². The lowest BCUT2D eigenvalue weighted by Crippen LogP contribution is -2.37. The summed E-state index contributed by atoms with van der Waals surface area (Å²) in [4.78, 5) is 39.3. The Bertz CT molecular complexity index is 1190. The van der Waals surface area contributed by atoms with Crippen molar-refractivity contribution >= 4 is 24.2 Å². The third kappa shape index (κ3) is 4.62. The second-order valence-electron chi connectivity index (χ2n) is 6.79. The van der Waals surface area contributed by atoms with Crippen molar-refractivity contribution in [3.63, 3.8) is 0 Å². The first-order valence-corrected chi connectivity index (χ1v) is 9.89. The van der Waals surface area contributed by atoms with E-state index in [4.69, 9.17) is 26.4 Å². The minimum Gasteiger partial charge on any atom is -0.452 e. The van der Waals surface area contributed by atoms with Gasteiger partial charge in [0.15, 0.2) is 23.2 Å². The topological polar surface area (TPSA) is 99.6 Å². The van der Waals surface area contributed by atoms with Gasteiger partial charge in [0.05, 0.1) is 17.7 Å². The third-order valence-electron chi connectivity index (χ3n) is 4.72. The van der Waals surface area contributed by atoms with Crippen LogP contribution in [0.3, 0.4) is 0 Å². The summed E-state index contributed by atoms with van der Waals surface area (Å²) in [5, 5.41) is 0. The molecular weight excluding hydrogens is 420 g/mol. The molecule has 1 fully saturated rings. The molecule has 3 atom stereocenters. The average molecular weight is 438 g/mol. The normalized spacial score (nSPS) is 20.2. The molecule has 0 amide bonds. The molecule has 3 unspecified atom stereocenters. The molecule has 3 aromatic rings. The van der Waals surface area contributed by atoms with E-state index in [0.717, 1.165) is 0 Å². The fourth-order valence-electron chi connectivity index (χ4n) is 3.21. The molecule has 1 N–H and O–H groups in total. The molecule has 158 valence electrons. The van der Waals surface area contributed by atoms with Crippen molar-refractivity contribution in [1.82, 2.24) is 9.55 Å². The first-order chi connectivity index (χ1) is 15.0. The summed E-state index contributed by atoms with van der Waals surface area (Å²) >= 11 is 5.22. The molecule has 0 spiro atoms. The number of H-pyrrole nitrogens is 1. The molecule has 0 radical (unpaired) electrons. The molecule has 1 aliphatic heterocycles. The number of esters is 2. The van der Waals surface area contributed by atoms with Crippen molar-refractivity contribution in [3.8, 4) is 0 Å². The maximum absolute atomic E-state index is 12.7. The van der Waals surface area contributed by atoms with E-state index in [-0.39, 0.29) is 16.9 Å². The molecule has 1 saturated heterocycles. The van der Waals surface area contributed by atoms with Gasteiger partial charge >= 0.3 is 11.9 Å². The van der Waals surface area contributed by atoms with E-state index in [1.807, 2.05) is 0 Å². The standard InChI is InChI=1S/C22H18N2O6S/c25-17-11-12-24(22(31)23-17)19-18(30-21(27)15-9-5-2-6-10-15)16(13-28-19)29-20(26)14-7-3-1-4-8-14/h1-12,16,18-19H,13H2,(H,23,25,31). The van der Waals surface area contributed by atoms with E-state index in [2.05, 4.69) is 4.98 Å². The Kier molecular flexibility index (Phi) is 6.06. The smallest absolute Gasteiger partial charge is 0.338 e. The molecule has 0 saturated carbocycles. The van der Waals surface area contributed by atoms with E-state index in [1.54, 1.807) is 60.7 Å². The minimum atomic E-state index is -0.988. The number of aromatic amines is 1. The SMILES string of the molecule is O=C(OC1COC(n2ccc(=O)[nH]c2=S)C1OC(=O)c1ccccc1)c1ccccc1. The highest BCUT2D eigenvalue weighted by Crippen LogP contribution is 2.30. The monoisotopic (exact) mass is 438 g/mol. The van der Waals surface area contributed by atoms with Crippen molar-refractivity contribution in [3.05, 3.63) is 99.2 Å². The van der Waals surface area contributed by atoms with Crippen LogP contribution in [0.4, 0.5) is 0 Å². The van der Waals surface area contributed by atoms with Crippen molar-refractivity contribution in [1.29, 1.82) is 0 Å². The first kappa shape index (κ1) is 20.7. The van der Waals surface area contributed by atoms with Crippen LogP contribution in [0.1, 0.15) is 26.9 Å².